The molecule has 0 aromatic heterocycles. The second-order valence-corrected chi connectivity index (χ2v) is 1.61. The molecule has 0 bridgehead atoms. The van der Waals surface area contributed by atoms with Gasteiger partial charge in [-0.1, -0.05) is 33.1 Å². The molecule has 0 heterocycles. The maximum Gasteiger partial charge on any atom is 0.161 e. The minimum atomic E-state index is -1.05. The number of allylic oxidation sites excluding steroid dienone is 4. The molecule has 64 valence electrons. The highest BCUT2D eigenvalue weighted by Crippen LogP contribution is 2.15. The van der Waals surface area contributed by atoms with E-state index in [-0.39, 0.29) is 5.57 Å². The van der Waals surface area contributed by atoms with Crippen molar-refractivity contribution in [3.63, 3.8) is 0 Å². The van der Waals surface area contributed by atoms with E-state index in [0.717, 1.165) is 0 Å². The second kappa shape index (κ2) is 7.19. The van der Waals surface area contributed by atoms with Gasteiger partial charge in [-0.05, 0) is 12.5 Å². The van der Waals surface area contributed by atoms with Crippen molar-refractivity contribution in [2.45, 2.75) is 20.8 Å². The van der Waals surface area contributed by atoms with E-state index < -0.39 is 11.7 Å². The lowest BCUT2D eigenvalue weighted by Crippen LogP contribution is -1.76. The van der Waals surface area contributed by atoms with Gasteiger partial charge in [0.25, 0.3) is 0 Å². The minimum Gasteiger partial charge on any atom is -0.204 e. The first-order chi connectivity index (χ1) is 5.09. The van der Waals surface area contributed by atoms with Crippen molar-refractivity contribution in [3.8, 4) is 0 Å². The molecule has 0 saturated carbocycles. The second-order valence-electron chi connectivity index (χ2n) is 1.61. The van der Waals surface area contributed by atoms with Gasteiger partial charge >= 0.3 is 0 Å². The Morgan fingerprint density at radius 2 is 1.64 bits per heavy atom. The molecule has 0 saturated heterocycles. The van der Waals surface area contributed by atoms with Crippen LogP contribution in [-0.4, -0.2) is 0 Å². The van der Waals surface area contributed by atoms with E-state index in [1.807, 2.05) is 13.8 Å². The third-order valence-corrected chi connectivity index (χ3v) is 0.891. The van der Waals surface area contributed by atoms with Crippen LogP contribution in [0.4, 0.5) is 8.78 Å². The lowest BCUT2D eigenvalue weighted by molar-refractivity contribution is 0.542. The van der Waals surface area contributed by atoms with Gasteiger partial charge in [0.1, 0.15) is 0 Å². The monoisotopic (exact) mass is 160 g/mol. The van der Waals surface area contributed by atoms with Gasteiger partial charge in [-0.25, -0.2) is 8.78 Å². The fourth-order valence-corrected chi connectivity index (χ4v) is 0.304. The number of hydrogen-bond donors (Lipinski definition) is 0. The summed E-state index contributed by atoms with van der Waals surface area (Å²) in [6, 6.07) is 0. The topological polar surface area (TPSA) is 0 Å². The van der Waals surface area contributed by atoms with Gasteiger partial charge in [0.15, 0.2) is 11.7 Å². The van der Waals surface area contributed by atoms with Crippen molar-refractivity contribution < 1.29 is 8.78 Å². The molecule has 0 unspecified atom stereocenters. The third kappa shape index (κ3) is 5.52. The van der Waals surface area contributed by atoms with Crippen LogP contribution in [0.15, 0.2) is 36.5 Å². The van der Waals surface area contributed by atoms with Crippen LogP contribution in [0.25, 0.3) is 0 Å². The van der Waals surface area contributed by atoms with Crippen LogP contribution in [0, 0.1) is 0 Å². The molecule has 2 heteroatoms. The van der Waals surface area contributed by atoms with Gasteiger partial charge in [0.2, 0.25) is 0 Å². The van der Waals surface area contributed by atoms with Gasteiger partial charge in [0, 0.05) is 0 Å². The van der Waals surface area contributed by atoms with Gasteiger partial charge in [-0.15, -0.1) is 0 Å². The predicted molar refractivity (Wildman–Crippen MR) is 45.6 cm³/mol. The molecule has 0 N–H and O–H groups in total. The summed E-state index contributed by atoms with van der Waals surface area (Å²) in [4.78, 5) is 0. The minimum absolute atomic E-state index is 0.169. The predicted octanol–water partition coefficient (Wildman–Crippen LogP) is 3.93. The van der Waals surface area contributed by atoms with Crippen LogP contribution in [0.5, 0.6) is 0 Å². The zero-order valence-corrected chi connectivity index (χ0v) is 7.25. The molecule has 0 radical (unpaired) electrons. The Balaban J connectivity index is 0. The first-order valence-corrected chi connectivity index (χ1v) is 3.43. The molecule has 0 amide bonds. The maximum absolute atomic E-state index is 12.3. The molecule has 0 aromatic carbocycles. The molecule has 0 atom stereocenters. The molecule has 0 aliphatic rings. The van der Waals surface area contributed by atoms with E-state index >= 15 is 0 Å². The molecule has 0 aliphatic carbocycles. The van der Waals surface area contributed by atoms with Crippen LogP contribution >= 0.6 is 0 Å². The quantitative estimate of drug-likeness (QED) is 0.537. The van der Waals surface area contributed by atoms with E-state index in [1.54, 1.807) is 0 Å². The van der Waals surface area contributed by atoms with Crippen molar-refractivity contribution >= 4 is 0 Å². The van der Waals surface area contributed by atoms with E-state index in [4.69, 9.17) is 0 Å². The van der Waals surface area contributed by atoms with Crippen LogP contribution in [0.2, 0.25) is 0 Å². The molecule has 0 fully saturated rings. The molecule has 0 aliphatic heterocycles. The highest BCUT2D eigenvalue weighted by atomic mass is 19.2. The average molecular weight is 160 g/mol. The summed E-state index contributed by atoms with van der Waals surface area (Å²) in [6.07, 6.45) is 1.24. The van der Waals surface area contributed by atoms with E-state index in [1.165, 1.54) is 13.0 Å². The third-order valence-electron chi connectivity index (χ3n) is 0.891. The Hall–Kier alpha value is -0.920. The summed E-state index contributed by atoms with van der Waals surface area (Å²) >= 11 is 0. The van der Waals surface area contributed by atoms with Gasteiger partial charge < -0.3 is 0 Å². The summed E-state index contributed by atoms with van der Waals surface area (Å²) in [7, 11) is 0. The van der Waals surface area contributed by atoms with Gasteiger partial charge in [-0.2, -0.15) is 0 Å². The molecule has 0 aromatic rings. The van der Waals surface area contributed by atoms with Crippen molar-refractivity contribution in [2.24, 2.45) is 0 Å². The summed E-state index contributed by atoms with van der Waals surface area (Å²) in [6.45, 7) is 11.5. The number of hydrogen-bond acceptors (Lipinski definition) is 0. The standard InChI is InChI=1S/C7H8F2.C2H6/c1-4-5(2)7(9)6(3)8;1-2/h4H,1,3H2,2H3;1-2H3/b7-5+;. The Morgan fingerprint density at radius 3 is 1.73 bits per heavy atom. The SMILES string of the molecule is C=C/C(C)=C(/F)C(=C)F.CC. The van der Waals surface area contributed by atoms with E-state index in [0.29, 0.717) is 0 Å². The summed E-state index contributed by atoms with van der Waals surface area (Å²) in [5.41, 5.74) is 0.169. The molecule has 0 spiro atoms. The molecular formula is C9H14F2. The van der Waals surface area contributed by atoms with Gasteiger partial charge in [-0.3, -0.25) is 0 Å². The van der Waals surface area contributed by atoms with Crippen molar-refractivity contribution in [1.29, 1.82) is 0 Å². The zero-order chi connectivity index (χ0) is 9.44. The molecule has 11 heavy (non-hydrogen) atoms. The Bertz CT molecular complexity index is 166. The zero-order valence-electron chi connectivity index (χ0n) is 7.25. The fraction of sp³-hybridized carbons (Fsp3) is 0.333. The van der Waals surface area contributed by atoms with E-state index in [2.05, 4.69) is 13.2 Å². The Morgan fingerprint density at radius 1 is 1.27 bits per heavy atom. The van der Waals surface area contributed by atoms with Crippen LogP contribution in [-0.2, 0) is 0 Å². The lowest BCUT2D eigenvalue weighted by atomic mass is 10.2. The highest BCUT2D eigenvalue weighted by molar-refractivity contribution is 5.27. The Labute approximate surface area is 66.9 Å². The van der Waals surface area contributed by atoms with Crippen molar-refractivity contribution in [3.05, 3.63) is 36.5 Å². The molecule has 0 rings (SSSR count). The first kappa shape index (κ1) is 12.7. The summed E-state index contributed by atoms with van der Waals surface area (Å²) in [5, 5.41) is 0. The highest BCUT2D eigenvalue weighted by Gasteiger charge is 2.00. The maximum atomic E-state index is 12.3. The lowest BCUT2D eigenvalue weighted by Gasteiger charge is -1.92. The van der Waals surface area contributed by atoms with Crippen LogP contribution < -0.4 is 0 Å². The normalized spacial score (nSPS) is 10.6. The van der Waals surface area contributed by atoms with Gasteiger partial charge in [0.05, 0.1) is 0 Å². The first-order valence-electron chi connectivity index (χ1n) is 3.43. The number of halogens is 2. The fourth-order valence-electron chi connectivity index (χ4n) is 0.304. The van der Waals surface area contributed by atoms with Crippen molar-refractivity contribution in [2.75, 3.05) is 0 Å². The summed E-state index contributed by atoms with van der Waals surface area (Å²) < 4.78 is 24.1. The molecule has 0 nitrogen and oxygen atoms in total. The molecular weight excluding hydrogens is 146 g/mol. The van der Waals surface area contributed by atoms with Crippen molar-refractivity contribution in [1.82, 2.24) is 0 Å². The van der Waals surface area contributed by atoms with Crippen LogP contribution in [0.3, 0.4) is 0 Å². The van der Waals surface area contributed by atoms with Crippen LogP contribution in [0.1, 0.15) is 20.8 Å². The Kier molecular flexibility index (Phi) is 8.32. The number of rotatable bonds is 2. The largest absolute Gasteiger partial charge is 0.204 e. The summed E-state index contributed by atoms with van der Waals surface area (Å²) in [5.74, 6) is -1.97. The van der Waals surface area contributed by atoms with E-state index in [9.17, 15) is 8.78 Å². The smallest absolute Gasteiger partial charge is 0.161 e. The average Bonchev–Trinajstić information content (AvgIpc) is 2.05.